The molecule has 168 valence electrons. The van der Waals surface area contributed by atoms with Crippen LogP contribution in [0.5, 0.6) is 5.75 Å². The summed E-state index contributed by atoms with van der Waals surface area (Å²) >= 11 is 0. The molecule has 0 aliphatic carbocycles. The summed E-state index contributed by atoms with van der Waals surface area (Å²) in [5.74, 6) is 0.940. The molecule has 0 fully saturated rings. The minimum absolute atomic E-state index is 0.940. The van der Waals surface area contributed by atoms with Crippen molar-refractivity contribution in [1.29, 1.82) is 0 Å². The quantitative estimate of drug-likeness (QED) is 0.209. The second-order valence-corrected chi connectivity index (χ2v) is 8.65. The van der Waals surface area contributed by atoms with E-state index >= 15 is 0 Å². The number of hydrogen-bond acceptors (Lipinski definition) is 2. The molecule has 0 saturated heterocycles. The summed E-state index contributed by atoms with van der Waals surface area (Å²) in [5.41, 5.74) is 1.38. The number of benzene rings is 1. The number of hydrogen-bond donors (Lipinski definition) is 1. The first kappa shape index (κ1) is 26.0. The van der Waals surface area contributed by atoms with Crippen molar-refractivity contribution < 1.29 is 4.74 Å². The van der Waals surface area contributed by atoms with E-state index in [9.17, 15) is 0 Å². The van der Waals surface area contributed by atoms with E-state index in [0.29, 0.717) is 0 Å². The molecular formula is C27H49NO. The lowest BCUT2D eigenvalue weighted by molar-refractivity contribution is 0.414. The van der Waals surface area contributed by atoms with Gasteiger partial charge >= 0.3 is 0 Å². The van der Waals surface area contributed by atoms with Crippen molar-refractivity contribution in [3.05, 3.63) is 29.8 Å². The second-order valence-electron chi connectivity index (χ2n) is 8.65. The van der Waals surface area contributed by atoms with E-state index in [0.717, 1.165) is 25.3 Å². The van der Waals surface area contributed by atoms with Crippen molar-refractivity contribution in [3.8, 4) is 5.75 Å². The van der Waals surface area contributed by atoms with Crippen LogP contribution in [0.1, 0.15) is 115 Å². The predicted molar refractivity (Wildman–Crippen MR) is 129 cm³/mol. The van der Waals surface area contributed by atoms with Crippen molar-refractivity contribution in [2.24, 2.45) is 0 Å². The Labute approximate surface area is 182 Å². The van der Waals surface area contributed by atoms with Crippen molar-refractivity contribution in [3.63, 3.8) is 0 Å². The van der Waals surface area contributed by atoms with Gasteiger partial charge in [-0.3, -0.25) is 0 Å². The average molecular weight is 404 g/mol. The van der Waals surface area contributed by atoms with Crippen LogP contribution in [0.3, 0.4) is 0 Å². The molecule has 1 N–H and O–H groups in total. The molecule has 2 heteroatoms. The van der Waals surface area contributed by atoms with Crippen LogP contribution in [-0.4, -0.2) is 20.2 Å². The molecule has 1 aromatic carbocycles. The highest BCUT2D eigenvalue weighted by Crippen LogP contribution is 2.14. The molecule has 1 rings (SSSR count). The molecule has 0 spiro atoms. The Balaban J connectivity index is 1.72. The summed E-state index contributed by atoms with van der Waals surface area (Å²) in [7, 11) is 1.72. The first-order chi connectivity index (χ1) is 14.4. The van der Waals surface area contributed by atoms with Crippen LogP contribution < -0.4 is 10.1 Å². The molecule has 0 aliphatic heterocycles. The second kappa shape index (κ2) is 20.3. The molecule has 0 unspecified atom stereocenters. The van der Waals surface area contributed by atoms with Crippen LogP contribution in [0.2, 0.25) is 0 Å². The SMILES string of the molecule is CCCCCCCCCCCCCCCCCCNCCc1ccc(OC)cc1. The van der Waals surface area contributed by atoms with Crippen molar-refractivity contribution in [1.82, 2.24) is 5.32 Å². The summed E-state index contributed by atoms with van der Waals surface area (Å²) in [6.07, 6.45) is 24.1. The Bertz CT molecular complexity index is 442. The van der Waals surface area contributed by atoms with Gasteiger partial charge in [0.1, 0.15) is 5.75 Å². The molecule has 0 saturated carbocycles. The molecule has 0 amide bonds. The molecular weight excluding hydrogens is 354 g/mol. The van der Waals surface area contributed by atoms with E-state index < -0.39 is 0 Å². The molecule has 29 heavy (non-hydrogen) atoms. The summed E-state index contributed by atoms with van der Waals surface area (Å²) in [6, 6.07) is 8.42. The maximum Gasteiger partial charge on any atom is 0.118 e. The zero-order valence-corrected chi connectivity index (χ0v) is 19.7. The van der Waals surface area contributed by atoms with E-state index in [1.807, 2.05) is 12.1 Å². The first-order valence-electron chi connectivity index (χ1n) is 12.7. The molecule has 0 bridgehead atoms. The lowest BCUT2D eigenvalue weighted by Crippen LogP contribution is -2.18. The van der Waals surface area contributed by atoms with Gasteiger partial charge in [0, 0.05) is 0 Å². The van der Waals surface area contributed by atoms with Crippen molar-refractivity contribution in [2.75, 3.05) is 20.2 Å². The van der Waals surface area contributed by atoms with E-state index in [-0.39, 0.29) is 0 Å². The molecule has 1 aromatic rings. The number of unbranched alkanes of at least 4 members (excludes halogenated alkanes) is 15. The topological polar surface area (TPSA) is 21.3 Å². The van der Waals surface area contributed by atoms with Gasteiger partial charge in [0.2, 0.25) is 0 Å². The highest BCUT2D eigenvalue weighted by Gasteiger charge is 1.96. The Morgan fingerprint density at radius 3 is 1.48 bits per heavy atom. The Morgan fingerprint density at radius 2 is 1.03 bits per heavy atom. The summed E-state index contributed by atoms with van der Waals surface area (Å²) in [5, 5.41) is 3.58. The number of nitrogens with one attached hydrogen (secondary N) is 1. The third kappa shape index (κ3) is 16.5. The summed E-state index contributed by atoms with van der Waals surface area (Å²) < 4.78 is 5.20. The fraction of sp³-hybridized carbons (Fsp3) is 0.778. The first-order valence-corrected chi connectivity index (χ1v) is 12.7. The maximum absolute atomic E-state index is 5.20. The lowest BCUT2D eigenvalue weighted by Gasteiger charge is -2.06. The predicted octanol–water partition coefficient (Wildman–Crippen LogP) is 8.09. The van der Waals surface area contributed by atoms with Crippen LogP contribution in [0.25, 0.3) is 0 Å². The van der Waals surface area contributed by atoms with Gasteiger partial charge in [-0.2, -0.15) is 0 Å². The van der Waals surface area contributed by atoms with Gasteiger partial charge in [-0.1, -0.05) is 115 Å². The Hall–Kier alpha value is -1.02. The van der Waals surface area contributed by atoms with Crippen LogP contribution >= 0.6 is 0 Å². The van der Waals surface area contributed by atoms with Crippen molar-refractivity contribution in [2.45, 2.75) is 116 Å². The molecule has 2 nitrogen and oxygen atoms in total. The summed E-state index contributed by atoms with van der Waals surface area (Å²) in [4.78, 5) is 0. The minimum atomic E-state index is 0.940. The highest BCUT2D eigenvalue weighted by molar-refractivity contribution is 5.27. The summed E-state index contributed by atoms with van der Waals surface area (Å²) in [6.45, 7) is 4.53. The monoisotopic (exact) mass is 403 g/mol. The third-order valence-electron chi connectivity index (χ3n) is 5.96. The van der Waals surface area contributed by atoms with E-state index in [4.69, 9.17) is 4.74 Å². The van der Waals surface area contributed by atoms with E-state index in [1.54, 1.807) is 7.11 Å². The molecule has 0 aromatic heterocycles. The number of methoxy groups -OCH3 is 1. The zero-order chi connectivity index (χ0) is 20.8. The standard InChI is InChI=1S/C27H49NO/c1-3-4-5-6-7-8-9-10-11-12-13-14-15-16-17-18-24-28-25-23-26-19-21-27(29-2)22-20-26/h19-22,28H,3-18,23-25H2,1-2H3. The van der Waals surface area contributed by atoms with Gasteiger partial charge in [0.05, 0.1) is 7.11 Å². The fourth-order valence-electron chi connectivity index (χ4n) is 3.95. The Morgan fingerprint density at radius 1 is 0.586 bits per heavy atom. The normalized spacial score (nSPS) is 11.1. The van der Waals surface area contributed by atoms with Crippen LogP contribution in [0, 0.1) is 0 Å². The Kier molecular flexibility index (Phi) is 18.2. The molecule has 0 heterocycles. The van der Waals surface area contributed by atoms with Crippen LogP contribution in [0.15, 0.2) is 24.3 Å². The van der Waals surface area contributed by atoms with Crippen LogP contribution in [-0.2, 0) is 6.42 Å². The smallest absolute Gasteiger partial charge is 0.118 e. The van der Waals surface area contributed by atoms with Crippen molar-refractivity contribution >= 4 is 0 Å². The van der Waals surface area contributed by atoms with Gasteiger partial charge in [0.15, 0.2) is 0 Å². The maximum atomic E-state index is 5.20. The molecule has 0 atom stereocenters. The minimum Gasteiger partial charge on any atom is -0.497 e. The number of rotatable bonds is 21. The average Bonchev–Trinajstić information content (AvgIpc) is 2.75. The molecule has 0 radical (unpaired) electrons. The largest absolute Gasteiger partial charge is 0.497 e. The lowest BCUT2D eigenvalue weighted by atomic mass is 10.0. The van der Waals surface area contributed by atoms with E-state index in [1.165, 1.54) is 108 Å². The fourth-order valence-corrected chi connectivity index (χ4v) is 3.95. The molecule has 0 aliphatic rings. The third-order valence-corrected chi connectivity index (χ3v) is 5.96. The van der Waals surface area contributed by atoms with Crippen LogP contribution in [0.4, 0.5) is 0 Å². The van der Waals surface area contributed by atoms with Gasteiger partial charge in [-0.05, 0) is 43.6 Å². The highest BCUT2D eigenvalue weighted by atomic mass is 16.5. The van der Waals surface area contributed by atoms with Gasteiger partial charge < -0.3 is 10.1 Å². The van der Waals surface area contributed by atoms with Gasteiger partial charge in [0.25, 0.3) is 0 Å². The number of ether oxygens (including phenoxy) is 1. The van der Waals surface area contributed by atoms with E-state index in [2.05, 4.69) is 24.4 Å². The van der Waals surface area contributed by atoms with Gasteiger partial charge in [-0.25, -0.2) is 0 Å². The zero-order valence-electron chi connectivity index (χ0n) is 19.7. The van der Waals surface area contributed by atoms with Gasteiger partial charge in [-0.15, -0.1) is 0 Å².